The zero-order chi connectivity index (χ0) is 11.9. The lowest BCUT2D eigenvalue weighted by Gasteiger charge is -2.25. The van der Waals surface area contributed by atoms with E-state index in [2.05, 4.69) is 20.8 Å². The van der Waals surface area contributed by atoms with Gasteiger partial charge in [-0.3, -0.25) is 4.90 Å². The van der Waals surface area contributed by atoms with Gasteiger partial charge in [-0.05, 0) is 44.9 Å². The first-order valence-electron chi connectivity index (χ1n) is 6.46. The molecule has 2 fully saturated rings. The minimum absolute atomic E-state index is 0.109. The van der Waals surface area contributed by atoms with Crippen molar-refractivity contribution in [2.45, 2.75) is 58.5 Å². The quantitative estimate of drug-likeness (QED) is 0.676. The molecule has 0 radical (unpaired) electrons. The van der Waals surface area contributed by atoms with Gasteiger partial charge in [0.15, 0.2) is 0 Å². The van der Waals surface area contributed by atoms with Crippen LogP contribution in [-0.4, -0.2) is 29.2 Å². The number of nitrogens with zero attached hydrogens (tertiary/aromatic N) is 1. The van der Waals surface area contributed by atoms with E-state index in [0.717, 1.165) is 24.7 Å². The highest BCUT2D eigenvalue weighted by Crippen LogP contribution is 2.53. The molecule has 0 unspecified atom stereocenters. The van der Waals surface area contributed by atoms with Gasteiger partial charge in [0, 0.05) is 0 Å². The second kappa shape index (κ2) is 3.94. The molecule has 0 aromatic rings. The fourth-order valence-electron chi connectivity index (χ4n) is 3.17. The Hall–Kier alpha value is -0.730. The number of carbonyl (C=O) groups excluding carboxylic acids is 1. The highest BCUT2D eigenvalue weighted by Gasteiger charge is 2.64. The fourth-order valence-corrected chi connectivity index (χ4v) is 3.17. The van der Waals surface area contributed by atoms with Crippen molar-refractivity contribution in [2.24, 2.45) is 11.8 Å². The first-order valence-corrected chi connectivity index (χ1v) is 6.46. The largest absolute Gasteiger partial charge is 0.450 e. The van der Waals surface area contributed by atoms with Crippen LogP contribution in [0.15, 0.2) is 0 Å². The summed E-state index contributed by atoms with van der Waals surface area (Å²) in [6, 6.07) is 0.438. The van der Waals surface area contributed by atoms with E-state index in [0.29, 0.717) is 12.6 Å². The molecule has 1 saturated carbocycles. The van der Waals surface area contributed by atoms with Gasteiger partial charge in [-0.15, -0.1) is 0 Å². The van der Waals surface area contributed by atoms with Crippen LogP contribution in [-0.2, 0) is 4.74 Å². The van der Waals surface area contributed by atoms with E-state index in [9.17, 15) is 4.79 Å². The molecule has 0 N–H and O–H groups in total. The molecule has 1 amide bonds. The second-order valence-electron chi connectivity index (χ2n) is 5.72. The van der Waals surface area contributed by atoms with Gasteiger partial charge in [0.2, 0.25) is 0 Å². The van der Waals surface area contributed by atoms with Crippen molar-refractivity contribution in [3.8, 4) is 0 Å². The molecular formula is C13H23NO2. The molecule has 0 aromatic carbocycles. The summed E-state index contributed by atoms with van der Waals surface area (Å²) in [5, 5.41) is 0. The maximum absolute atomic E-state index is 11.8. The van der Waals surface area contributed by atoms with Gasteiger partial charge < -0.3 is 4.74 Å². The predicted molar refractivity (Wildman–Crippen MR) is 63.2 cm³/mol. The molecule has 3 atom stereocenters. The maximum Gasteiger partial charge on any atom is 0.410 e. The summed E-state index contributed by atoms with van der Waals surface area (Å²) in [5.74, 6) is 1.51. The zero-order valence-electron chi connectivity index (χ0n) is 10.8. The van der Waals surface area contributed by atoms with Gasteiger partial charge in [-0.1, -0.05) is 13.8 Å². The molecule has 3 heteroatoms. The molecule has 16 heavy (non-hydrogen) atoms. The molecule has 92 valence electrons. The van der Waals surface area contributed by atoms with Crippen molar-refractivity contribution >= 4 is 6.09 Å². The molecule has 1 aliphatic carbocycles. The Balaban J connectivity index is 1.99. The van der Waals surface area contributed by atoms with E-state index in [1.165, 1.54) is 6.42 Å². The number of fused-ring (bicyclic) bond motifs is 1. The number of carbonyl (C=O) groups is 1. The van der Waals surface area contributed by atoms with Crippen molar-refractivity contribution in [2.75, 3.05) is 6.61 Å². The monoisotopic (exact) mass is 225 g/mol. The van der Waals surface area contributed by atoms with Crippen LogP contribution in [0, 0.1) is 11.8 Å². The van der Waals surface area contributed by atoms with E-state index in [1.54, 1.807) is 0 Å². The lowest BCUT2D eigenvalue weighted by molar-refractivity contribution is 0.128. The Morgan fingerprint density at radius 3 is 2.81 bits per heavy atom. The van der Waals surface area contributed by atoms with Crippen LogP contribution in [0.5, 0.6) is 0 Å². The average molecular weight is 225 g/mol. The van der Waals surface area contributed by atoms with Crippen LogP contribution in [0.1, 0.15) is 47.0 Å². The summed E-state index contributed by atoms with van der Waals surface area (Å²) in [6.07, 6.45) is 3.44. The molecule has 0 spiro atoms. The Kier molecular flexibility index (Phi) is 2.89. The molecule has 1 saturated heterocycles. The zero-order valence-corrected chi connectivity index (χ0v) is 10.8. The number of ether oxygens (including phenoxy) is 1. The van der Waals surface area contributed by atoms with Crippen molar-refractivity contribution in [1.82, 2.24) is 4.90 Å². The predicted octanol–water partition coefficient (Wildman–Crippen LogP) is 3.04. The van der Waals surface area contributed by atoms with Gasteiger partial charge in [-0.25, -0.2) is 4.79 Å². The van der Waals surface area contributed by atoms with E-state index < -0.39 is 0 Å². The molecule has 2 rings (SSSR count). The van der Waals surface area contributed by atoms with Crippen LogP contribution in [0.3, 0.4) is 0 Å². The van der Waals surface area contributed by atoms with E-state index in [-0.39, 0.29) is 11.6 Å². The first kappa shape index (κ1) is 11.7. The molecule has 2 aliphatic rings. The summed E-state index contributed by atoms with van der Waals surface area (Å²) in [4.78, 5) is 13.7. The molecule has 0 bridgehead atoms. The topological polar surface area (TPSA) is 29.3 Å². The minimum Gasteiger partial charge on any atom is -0.450 e. The summed E-state index contributed by atoms with van der Waals surface area (Å²) in [5.41, 5.74) is 0.109. The Labute approximate surface area is 98.1 Å². The van der Waals surface area contributed by atoms with Gasteiger partial charge in [0.05, 0.1) is 18.2 Å². The second-order valence-corrected chi connectivity index (χ2v) is 5.72. The molecule has 0 aromatic heterocycles. The van der Waals surface area contributed by atoms with Crippen molar-refractivity contribution in [3.05, 3.63) is 0 Å². The number of hydrogen-bond donors (Lipinski definition) is 0. The summed E-state index contributed by atoms with van der Waals surface area (Å²) in [6.45, 7) is 9.11. The van der Waals surface area contributed by atoms with Crippen LogP contribution < -0.4 is 0 Å². The standard InChI is InChI=1S/C13H23NO2/c1-5-16-12(15)14-11-8-10(9(2)3)6-7-13(11,14)4/h9-11H,5-8H2,1-4H3/t10-,11+,13-,14?/m1/s1. The summed E-state index contributed by atoms with van der Waals surface area (Å²) < 4.78 is 5.11. The van der Waals surface area contributed by atoms with Crippen LogP contribution in [0.2, 0.25) is 0 Å². The van der Waals surface area contributed by atoms with E-state index in [1.807, 2.05) is 11.8 Å². The third-order valence-corrected chi connectivity index (χ3v) is 4.47. The number of likely N-dealkylation sites (tertiary alicyclic amines) is 1. The lowest BCUT2D eigenvalue weighted by Crippen LogP contribution is -2.25. The Morgan fingerprint density at radius 1 is 1.56 bits per heavy atom. The number of hydrogen-bond acceptors (Lipinski definition) is 2. The van der Waals surface area contributed by atoms with Crippen molar-refractivity contribution in [3.63, 3.8) is 0 Å². The summed E-state index contributed by atoms with van der Waals surface area (Å²) >= 11 is 0. The van der Waals surface area contributed by atoms with Crippen LogP contribution >= 0.6 is 0 Å². The van der Waals surface area contributed by atoms with Gasteiger partial charge in [0.25, 0.3) is 0 Å². The highest BCUT2D eigenvalue weighted by atomic mass is 16.6. The number of rotatable bonds is 2. The van der Waals surface area contributed by atoms with Crippen LogP contribution in [0.4, 0.5) is 4.79 Å². The van der Waals surface area contributed by atoms with Crippen molar-refractivity contribution < 1.29 is 9.53 Å². The van der Waals surface area contributed by atoms with Gasteiger partial charge in [-0.2, -0.15) is 0 Å². The van der Waals surface area contributed by atoms with Gasteiger partial charge >= 0.3 is 6.09 Å². The summed E-state index contributed by atoms with van der Waals surface area (Å²) in [7, 11) is 0. The number of amides is 1. The third kappa shape index (κ3) is 1.70. The average Bonchev–Trinajstić information content (AvgIpc) is 2.82. The SMILES string of the molecule is CCOC(=O)N1[C@H]2C[C@H](C(C)C)CC[C@]21C. The maximum atomic E-state index is 11.8. The lowest BCUT2D eigenvalue weighted by atomic mass is 9.78. The molecule has 3 nitrogen and oxygen atoms in total. The minimum atomic E-state index is -0.112. The fraction of sp³-hybridized carbons (Fsp3) is 0.923. The first-order chi connectivity index (χ1) is 7.50. The smallest absolute Gasteiger partial charge is 0.410 e. The van der Waals surface area contributed by atoms with Crippen LogP contribution in [0.25, 0.3) is 0 Å². The molecular weight excluding hydrogens is 202 g/mol. The highest BCUT2D eigenvalue weighted by molar-refractivity contribution is 5.73. The Morgan fingerprint density at radius 2 is 2.25 bits per heavy atom. The normalized spacial score (nSPS) is 37.2. The van der Waals surface area contributed by atoms with Gasteiger partial charge in [0.1, 0.15) is 0 Å². The van der Waals surface area contributed by atoms with E-state index >= 15 is 0 Å². The van der Waals surface area contributed by atoms with Crippen molar-refractivity contribution in [1.29, 1.82) is 0 Å². The third-order valence-electron chi connectivity index (χ3n) is 4.47. The molecule has 1 heterocycles. The Bertz CT molecular complexity index is 290. The van der Waals surface area contributed by atoms with E-state index in [4.69, 9.17) is 4.74 Å². The molecule has 1 aliphatic heterocycles.